The number of ether oxygens (including phenoxy) is 1. The fraction of sp³-hybridized carbons (Fsp3) is 0.115. The summed E-state index contributed by atoms with van der Waals surface area (Å²) in [6.45, 7) is 2.33. The minimum Gasteiger partial charge on any atom is -0.478 e. The van der Waals surface area contributed by atoms with Gasteiger partial charge in [0, 0.05) is 23.8 Å². The third-order valence-corrected chi connectivity index (χ3v) is 5.03. The molecule has 0 aliphatic carbocycles. The van der Waals surface area contributed by atoms with Crippen molar-refractivity contribution in [2.24, 2.45) is 0 Å². The highest BCUT2D eigenvalue weighted by Gasteiger charge is 2.16. The molecular formula is C26H19FN2O4. The van der Waals surface area contributed by atoms with Gasteiger partial charge in [0.25, 0.3) is 5.89 Å². The van der Waals surface area contributed by atoms with Crippen molar-refractivity contribution in [2.45, 2.75) is 6.92 Å². The molecule has 0 aliphatic rings. The normalized spacial score (nSPS) is 10.5. The number of aromatic carboxylic acids is 1. The van der Waals surface area contributed by atoms with Gasteiger partial charge in [-0.1, -0.05) is 47.3 Å². The largest absolute Gasteiger partial charge is 0.478 e. The number of methoxy groups -OCH3 is 1. The second kappa shape index (κ2) is 9.47. The van der Waals surface area contributed by atoms with Gasteiger partial charge in [-0.15, -0.1) is 0 Å². The van der Waals surface area contributed by atoms with Crippen molar-refractivity contribution >= 4 is 5.97 Å². The van der Waals surface area contributed by atoms with Crippen molar-refractivity contribution in [3.05, 3.63) is 83.2 Å². The molecule has 3 aromatic carbocycles. The Bertz CT molecular complexity index is 1400. The number of carboxylic acids is 1. The van der Waals surface area contributed by atoms with Crippen LogP contribution in [0.5, 0.6) is 0 Å². The molecule has 4 aromatic rings. The van der Waals surface area contributed by atoms with E-state index in [1.54, 1.807) is 7.11 Å². The number of benzene rings is 3. The van der Waals surface area contributed by atoms with Crippen LogP contribution in [0.3, 0.4) is 0 Å². The minimum absolute atomic E-state index is 0.149. The van der Waals surface area contributed by atoms with E-state index in [1.165, 1.54) is 12.1 Å². The number of carbonyl (C=O) groups is 1. The topological polar surface area (TPSA) is 85.5 Å². The van der Waals surface area contributed by atoms with Gasteiger partial charge in [0.1, 0.15) is 12.4 Å². The van der Waals surface area contributed by atoms with Crippen LogP contribution in [0, 0.1) is 24.6 Å². The summed E-state index contributed by atoms with van der Waals surface area (Å²) in [5, 5.41) is 12.9. The minimum atomic E-state index is -1.34. The first-order chi connectivity index (χ1) is 16.0. The Morgan fingerprint density at radius 2 is 1.88 bits per heavy atom. The van der Waals surface area contributed by atoms with Crippen LogP contribution in [0.4, 0.5) is 4.39 Å². The lowest BCUT2D eigenvalue weighted by Gasteiger charge is -2.09. The number of hydrogen-bond donors (Lipinski definition) is 1. The van der Waals surface area contributed by atoms with Crippen LogP contribution in [-0.2, 0) is 4.74 Å². The average Bonchev–Trinajstić information content (AvgIpc) is 3.30. The molecular weight excluding hydrogens is 423 g/mol. The second-order valence-corrected chi connectivity index (χ2v) is 7.23. The molecule has 0 spiro atoms. The predicted molar refractivity (Wildman–Crippen MR) is 121 cm³/mol. The molecule has 1 aromatic heterocycles. The van der Waals surface area contributed by atoms with E-state index in [4.69, 9.17) is 14.4 Å². The van der Waals surface area contributed by atoms with Crippen molar-refractivity contribution in [2.75, 3.05) is 13.7 Å². The van der Waals surface area contributed by atoms with Crippen molar-refractivity contribution in [1.29, 1.82) is 0 Å². The summed E-state index contributed by atoms with van der Waals surface area (Å²) in [7, 11) is 1.58. The molecule has 1 heterocycles. The summed E-state index contributed by atoms with van der Waals surface area (Å²) in [6, 6.07) is 17.4. The Hall–Kier alpha value is -4.28. The molecule has 0 unspecified atom stereocenters. The van der Waals surface area contributed by atoms with Crippen molar-refractivity contribution in [3.8, 4) is 45.8 Å². The van der Waals surface area contributed by atoms with Crippen molar-refractivity contribution < 1.29 is 23.6 Å². The highest BCUT2D eigenvalue weighted by Crippen LogP contribution is 2.31. The average molecular weight is 442 g/mol. The summed E-state index contributed by atoms with van der Waals surface area (Å²) >= 11 is 0. The van der Waals surface area contributed by atoms with E-state index >= 15 is 0 Å². The summed E-state index contributed by atoms with van der Waals surface area (Å²) in [5.74, 6) is 4.30. The number of rotatable bonds is 5. The van der Waals surface area contributed by atoms with Gasteiger partial charge in [0.2, 0.25) is 5.82 Å². The third-order valence-electron chi connectivity index (χ3n) is 5.03. The lowest BCUT2D eigenvalue weighted by molar-refractivity contribution is 0.0692. The Morgan fingerprint density at radius 1 is 1.09 bits per heavy atom. The first kappa shape index (κ1) is 21.9. The molecule has 0 aliphatic heterocycles. The third kappa shape index (κ3) is 4.66. The molecule has 33 heavy (non-hydrogen) atoms. The Morgan fingerprint density at radius 3 is 2.61 bits per heavy atom. The zero-order chi connectivity index (χ0) is 23.4. The van der Waals surface area contributed by atoms with Gasteiger partial charge in [0.05, 0.1) is 5.56 Å². The Kier molecular flexibility index (Phi) is 6.29. The predicted octanol–water partition coefficient (Wildman–Crippen LogP) is 5.21. The van der Waals surface area contributed by atoms with E-state index in [1.807, 2.05) is 49.4 Å². The molecule has 0 atom stereocenters. The quantitative estimate of drug-likeness (QED) is 0.427. The molecule has 0 saturated carbocycles. The van der Waals surface area contributed by atoms with Gasteiger partial charge in [-0.25, -0.2) is 9.18 Å². The van der Waals surface area contributed by atoms with Crippen molar-refractivity contribution in [1.82, 2.24) is 10.1 Å². The summed E-state index contributed by atoms with van der Waals surface area (Å²) in [4.78, 5) is 15.4. The number of nitrogens with zero attached hydrogens (tertiary/aromatic N) is 2. The Labute approximate surface area is 189 Å². The Balaban J connectivity index is 1.73. The number of carboxylic acid groups (broad SMARTS) is 1. The van der Waals surface area contributed by atoms with Crippen molar-refractivity contribution in [3.63, 3.8) is 0 Å². The molecule has 0 saturated heterocycles. The van der Waals surface area contributed by atoms with Crippen LogP contribution < -0.4 is 0 Å². The maximum absolute atomic E-state index is 14.1. The highest BCUT2D eigenvalue weighted by molar-refractivity contribution is 5.88. The van der Waals surface area contributed by atoms with Gasteiger partial charge in [-0.3, -0.25) is 0 Å². The monoisotopic (exact) mass is 442 g/mol. The van der Waals surface area contributed by atoms with Gasteiger partial charge >= 0.3 is 5.97 Å². The molecule has 0 bridgehead atoms. The number of aryl methyl sites for hydroxylation is 1. The fourth-order valence-electron chi connectivity index (χ4n) is 3.38. The molecule has 0 amide bonds. The zero-order valence-electron chi connectivity index (χ0n) is 17.9. The summed E-state index contributed by atoms with van der Waals surface area (Å²) in [5.41, 5.74) is 4.45. The van der Waals surface area contributed by atoms with Gasteiger partial charge in [-0.2, -0.15) is 4.98 Å². The van der Waals surface area contributed by atoms with Crippen LogP contribution in [-0.4, -0.2) is 34.9 Å². The van der Waals surface area contributed by atoms with Crippen LogP contribution >= 0.6 is 0 Å². The van der Waals surface area contributed by atoms with E-state index in [2.05, 4.69) is 22.0 Å². The molecule has 6 nitrogen and oxygen atoms in total. The van der Waals surface area contributed by atoms with E-state index in [0.29, 0.717) is 17.7 Å². The molecule has 0 fully saturated rings. The smallest absolute Gasteiger partial charge is 0.338 e. The van der Waals surface area contributed by atoms with E-state index in [0.717, 1.165) is 28.3 Å². The first-order valence-electron chi connectivity index (χ1n) is 10.0. The molecule has 164 valence electrons. The maximum Gasteiger partial charge on any atom is 0.338 e. The molecule has 1 N–H and O–H groups in total. The van der Waals surface area contributed by atoms with Crippen LogP contribution in [0.15, 0.2) is 65.2 Å². The SMILES string of the molecule is COCC#Cc1cc(-c2nc(-c3ccc(C(=O)O)c(F)c3)no2)ccc1-c1ccccc1C. The fourth-order valence-corrected chi connectivity index (χ4v) is 3.38. The highest BCUT2D eigenvalue weighted by atomic mass is 19.1. The van der Waals surface area contributed by atoms with Gasteiger partial charge in [0.15, 0.2) is 0 Å². The maximum atomic E-state index is 14.1. The number of hydrogen-bond acceptors (Lipinski definition) is 5. The second-order valence-electron chi connectivity index (χ2n) is 7.23. The first-order valence-corrected chi connectivity index (χ1v) is 10.0. The number of aromatic nitrogens is 2. The summed E-state index contributed by atoms with van der Waals surface area (Å²) in [6.07, 6.45) is 0. The molecule has 4 rings (SSSR count). The van der Waals surface area contributed by atoms with Crippen LogP contribution in [0.2, 0.25) is 0 Å². The van der Waals surface area contributed by atoms with E-state index < -0.39 is 17.3 Å². The standard InChI is InChI=1S/C26H19FN2O4/c1-16-6-3-4-8-20(16)21-11-10-19(14-17(21)7-5-13-32-2)25-28-24(29-33-25)18-9-12-22(26(30)31)23(27)15-18/h3-4,6,8-12,14-15H,13H2,1-2H3,(H,30,31). The van der Waals surface area contributed by atoms with Crippen LogP contribution in [0.25, 0.3) is 34.0 Å². The van der Waals surface area contributed by atoms with E-state index in [9.17, 15) is 9.18 Å². The lowest BCUT2D eigenvalue weighted by atomic mass is 9.94. The molecule has 7 heteroatoms. The van der Waals surface area contributed by atoms with Crippen LogP contribution in [0.1, 0.15) is 21.5 Å². The number of halogens is 1. The lowest BCUT2D eigenvalue weighted by Crippen LogP contribution is -2.00. The van der Waals surface area contributed by atoms with E-state index in [-0.39, 0.29) is 11.7 Å². The van der Waals surface area contributed by atoms with Gasteiger partial charge < -0.3 is 14.4 Å². The zero-order valence-corrected chi connectivity index (χ0v) is 17.9. The summed E-state index contributed by atoms with van der Waals surface area (Å²) < 4.78 is 24.5. The molecule has 0 radical (unpaired) electrons. The van der Waals surface area contributed by atoms with Gasteiger partial charge in [-0.05, 0) is 53.9 Å².